The van der Waals surface area contributed by atoms with Crippen LogP contribution in [0.4, 0.5) is 10.1 Å². The second kappa shape index (κ2) is 4.94. The minimum absolute atomic E-state index is 0.210. The van der Waals surface area contributed by atoms with E-state index in [-0.39, 0.29) is 17.1 Å². The standard InChI is InChI=1S/C11H9FN2O2/c1-7(10(6-13)11(15)16)14-9-4-2-8(12)3-5-9/h2-5,14H,1H3,(H,15,16)/b10-7-. The van der Waals surface area contributed by atoms with E-state index in [1.807, 2.05) is 0 Å². The molecule has 0 atom stereocenters. The molecule has 16 heavy (non-hydrogen) atoms. The van der Waals surface area contributed by atoms with Crippen molar-refractivity contribution in [1.29, 1.82) is 5.26 Å². The van der Waals surface area contributed by atoms with E-state index in [0.29, 0.717) is 5.69 Å². The largest absolute Gasteiger partial charge is 0.477 e. The number of aliphatic carboxylic acids is 1. The number of anilines is 1. The van der Waals surface area contributed by atoms with Gasteiger partial charge in [0.1, 0.15) is 11.9 Å². The SMILES string of the molecule is C/C(Nc1ccc(F)cc1)=C(\C#N)C(=O)O. The second-order valence-corrected chi connectivity index (χ2v) is 3.05. The van der Waals surface area contributed by atoms with Crippen molar-refractivity contribution in [2.45, 2.75) is 6.92 Å². The van der Waals surface area contributed by atoms with Crippen molar-refractivity contribution in [2.75, 3.05) is 5.32 Å². The van der Waals surface area contributed by atoms with Crippen LogP contribution in [0.25, 0.3) is 0 Å². The lowest BCUT2D eigenvalue weighted by Crippen LogP contribution is -2.07. The van der Waals surface area contributed by atoms with Crippen molar-refractivity contribution in [3.63, 3.8) is 0 Å². The molecule has 0 bridgehead atoms. The molecule has 0 spiro atoms. The molecule has 0 amide bonds. The van der Waals surface area contributed by atoms with Crippen LogP contribution in [0.2, 0.25) is 0 Å². The van der Waals surface area contributed by atoms with Gasteiger partial charge in [-0.05, 0) is 31.2 Å². The molecule has 1 aromatic rings. The summed E-state index contributed by atoms with van der Waals surface area (Å²) in [6, 6.07) is 6.96. The highest BCUT2D eigenvalue weighted by atomic mass is 19.1. The Labute approximate surface area is 91.6 Å². The summed E-state index contributed by atoms with van der Waals surface area (Å²) in [4.78, 5) is 10.6. The van der Waals surface area contributed by atoms with Crippen molar-refractivity contribution in [2.24, 2.45) is 0 Å². The Morgan fingerprint density at radius 1 is 1.44 bits per heavy atom. The van der Waals surface area contributed by atoms with Crippen LogP contribution in [0.3, 0.4) is 0 Å². The molecule has 5 heteroatoms. The lowest BCUT2D eigenvalue weighted by molar-refractivity contribution is -0.132. The summed E-state index contributed by atoms with van der Waals surface area (Å²) in [7, 11) is 0. The van der Waals surface area contributed by atoms with Crippen molar-refractivity contribution in [1.82, 2.24) is 0 Å². The minimum Gasteiger partial charge on any atom is -0.477 e. The highest BCUT2D eigenvalue weighted by molar-refractivity contribution is 5.92. The quantitative estimate of drug-likeness (QED) is 0.604. The third kappa shape index (κ3) is 2.82. The van der Waals surface area contributed by atoms with Gasteiger partial charge < -0.3 is 10.4 Å². The van der Waals surface area contributed by atoms with Crippen molar-refractivity contribution in [3.8, 4) is 6.07 Å². The molecule has 0 saturated heterocycles. The second-order valence-electron chi connectivity index (χ2n) is 3.05. The first-order valence-electron chi connectivity index (χ1n) is 4.41. The first-order chi connectivity index (χ1) is 7.54. The molecule has 0 aliphatic rings. The topological polar surface area (TPSA) is 73.1 Å². The van der Waals surface area contributed by atoms with E-state index >= 15 is 0 Å². The van der Waals surface area contributed by atoms with E-state index < -0.39 is 5.97 Å². The molecule has 0 unspecified atom stereocenters. The van der Waals surface area contributed by atoms with Gasteiger partial charge in [0.15, 0.2) is 5.57 Å². The number of carboxylic acids is 1. The fourth-order valence-corrected chi connectivity index (χ4v) is 1.10. The summed E-state index contributed by atoms with van der Waals surface area (Å²) in [6.07, 6.45) is 0. The zero-order valence-electron chi connectivity index (χ0n) is 8.49. The average Bonchev–Trinajstić information content (AvgIpc) is 2.22. The van der Waals surface area contributed by atoms with E-state index in [4.69, 9.17) is 10.4 Å². The summed E-state index contributed by atoms with van der Waals surface area (Å²) < 4.78 is 12.6. The summed E-state index contributed by atoms with van der Waals surface area (Å²) in [5.74, 6) is -1.68. The predicted octanol–water partition coefficient (Wildman–Crippen LogP) is 2.12. The fourth-order valence-electron chi connectivity index (χ4n) is 1.10. The first kappa shape index (κ1) is 11.7. The summed E-state index contributed by atoms with van der Waals surface area (Å²) >= 11 is 0. The average molecular weight is 220 g/mol. The molecule has 1 aromatic carbocycles. The number of rotatable bonds is 3. The molecule has 0 aliphatic carbocycles. The number of carboxylic acid groups (broad SMARTS) is 1. The van der Waals surface area contributed by atoms with Crippen LogP contribution in [0.5, 0.6) is 0 Å². The van der Waals surface area contributed by atoms with E-state index in [9.17, 15) is 9.18 Å². The molecule has 0 aromatic heterocycles. The van der Waals surface area contributed by atoms with Gasteiger partial charge in [-0.2, -0.15) is 5.26 Å². The Morgan fingerprint density at radius 3 is 2.44 bits per heavy atom. The molecular weight excluding hydrogens is 211 g/mol. The maximum atomic E-state index is 12.6. The van der Waals surface area contributed by atoms with Crippen LogP contribution >= 0.6 is 0 Å². The number of benzene rings is 1. The number of hydrogen-bond acceptors (Lipinski definition) is 3. The Morgan fingerprint density at radius 2 is 2.00 bits per heavy atom. The van der Waals surface area contributed by atoms with Gasteiger partial charge >= 0.3 is 5.97 Å². The predicted molar refractivity (Wildman–Crippen MR) is 56.0 cm³/mol. The summed E-state index contributed by atoms with van der Waals surface area (Å²) in [6.45, 7) is 1.47. The summed E-state index contributed by atoms with van der Waals surface area (Å²) in [5, 5.41) is 20.0. The van der Waals surface area contributed by atoms with E-state index in [1.165, 1.54) is 31.2 Å². The lowest BCUT2D eigenvalue weighted by atomic mass is 10.2. The normalized spacial score (nSPS) is 11.3. The zero-order valence-corrected chi connectivity index (χ0v) is 8.49. The number of hydrogen-bond donors (Lipinski definition) is 2. The van der Waals surface area contributed by atoms with Gasteiger partial charge in [0.05, 0.1) is 0 Å². The molecule has 0 radical (unpaired) electrons. The van der Waals surface area contributed by atoms with E-state index in [0.717, 1.165) is 0 Å². The highest BCUT2D eigenvalue weighted by Gasteiger charge is 2.10. The number of carbonyl (C=O) groups is 1. The monoisotopic (exact) mass is 220 g/mol. The molecular formula is C11H9FN2O2. The van der Waals surface area contributed by atoms with Crippen molar-refractivity contribution in [3.05, 3.63) is 41.4 Å². The van der Waals surface area contributed by atoms with Gasteiger partial charge in [0.25, 0.3) is 0 Å². The van der Waals surface area contributed by atoms with Crippen LogP contribution in [-0.4, -0.2) is 11.1 Å². The van der Waals surface area contributed by atoms with Crippen LogP contribution in [0, 0.1) is 17.1 Å². The van der Waals surface area contributed by atoms with Crippen molar-refractivity contribution >= 4 is 11.7 Å². The van der Waals surface area contributed by atoms with Gasteiger partial charge in [-0.25, -0.2) is 9.18 Å². The van der Waals surface area contributed by atoms with Gasteiger partial charge in [0, 0.05) is 11.4 Å². The Hall–Kier alpha value is -2.35. The van der Waals surface area contributed by atoms with Crippen LogP contribution < -0.4 is 5.32 Å². The Bertz CT molecular complexity index is 472. The van der Waals surface area contributed by atoms with Gasteiger partial charge in [-0.1, -0.05) is 0 Å². The molecule has 2 N–H and O–H groups in total. The third-order valence-corrected chi connectivity index (χ3v) is 1.88. The number of halogens is 1. The van der Waals surface area contributed by atoms with Gasteiger partial charge in [-0.15, -0.1) is 0 Å². The van der Waals surface area contributed by atoms with Crippen LogP contribution in [0.1, 0.15) is 6.92 Å². The lowest BCUT2D eigenvalue weighted by Gasteiger charge is -2.06. The van der Waals surface area contributed by atoms with Gasteiger partial charge in [0.2, 0.25) is 0 Å². The molecule has 0 heterocycles. The fraction of sp³-hybridized carbons (Fsp3) is 0.0909. The first-order valence-corrected chi connectivity index (χ1v) is 4.41. The number of allylic oxidation sites excluding steroid dienone is 1. The molecule has 1 rings (SSSR count). The molecule has 0 aliphatic heterocycles. The Kier molecular flexibility index (Phi) is 3.62. The smallest absolute Gasteiger partial charge is 0.348 e. The maximum absolute atomic E-state index is 12.6. The van der Waals surface area contributed by atoms with E-state index in [2.05, 4.69) is 5.32 Å². The maximum Gasteiger partial charge on any atom is 0.348 e. The highest BCUT2D eigenvalue weighted by Crippen LogP contribution is 2.13. The molecule has 0 fully saturated rings. The summed E-state index contributed by atoms with van der Waals surface area (Å²) in [5.41, 5.74) is 0.360. The third-order valence-electron chi connectivity index (χ3n) is 1.88. The number of nitrogens with one attached hydrogen (secondary N) is 1. The van der Waals surface area contributed by atoms with Gasteiger partial charge in [-0.3, -0.25) is 0 Å². The zero-order chi connectivity index (χ0) is 12.1. The number of nitriles is 1. The van der Waals surface area contributed by atoms with Crippen LogP contribution in [0.15, 0.2) is 35.5 Å². The van der Waals surface area contributed by atoms with Crippen LogP contribution in [-0.2, 0) is 4.79 Å². The Balaban J connectivity index is 2.93. The molecule has 0 saturated carbocycles. The molecule has 82 valence electrons. The van der Waals surface area contributed by atoms with E-state index in [1.54, 1.807) is 6.07 Å². The minimum atomic E-state index is -1.30. The van der Waals surface area contributed by atoms with Crippen molar-refractivity contribution < 1.29 is 14.3 Å². The molecule has 4 nitrogen and oxygen atoms in total. The number of nitrogens with zero attached hydrogens (tertiary/aromatic N) is 1.